The molecule has 1 saturated heterocycles. The van der Waals surface area contributed by atoms with Crippen molar-refractivity contribution in [1.82, 2.24) is 24.9 Å². The zero-order chi connectivity index (χ0) is 19.9. The highest BCUT2D eigenvalue weighted by Gasteiger charge is 2.31. The molecule has 0 spiro atoms. The van der Waals surface area contributed by atoms with Crippen LogP contribution in [0.1, 0.15) is 42.0 Å². The first-order chi connectivity index (χ1) is 13.7. The van der Waals surface area contributed by atoms with Crippen molar-refractivity contribution in [3.63, 3.8) is 0 Å². The van der Waals surface area contributed by atoms with Gasteiger partial charge in [-0.05, 0) is 32.4 Å². The van der Waals surface area contributed by atoms with Gasteiger partial charge in [-0.15, -0.1) is 6.58 Å². The Morgan fingerprint density at radius 3 is 2.79 bits per heavy atom. The van der Waals surface area contributed by atoms with Crippen LogP contribution >= 0.6 is 11.8 Å². The van der Waals surface area contributed by atoms with Crippen molar-refractivity contribution in [2.75, 3.05) is 50.8 Å². The highest BCUT2D eigenvalue weighted by molar-refractivity contribution is 7.99. The van der Waals surface area contributed by atoms with Crippen LogP contribution < -0.4 is 5.32 Å². The van der Waals surface area contributed by atoms with Gasteiger partial charge in [-0.2, -0.15) is 16.9 Å². The first-order valence-electron chi connectivity index (χ1n) is 10.7. The molecular weight excluding hydrogens is 370 g/mol. The highest BCUT2D eigenvalue weighted by atomic mass is 32.2. The molecule has 6 nitrogen and oxygen atoms in total. The third-order valence-corrected chi connectivity index (χ3v) is 6.85. The second-order valence-corrected chi connectivity index (χ2v) is 8.79. The van der Waals surface area contributed by atoms with E-state index < -0.39 is 0 Å². The van der Waals surface area contributed by atoms with Gasteiger partial charge in [-0.1, -0.05) is 19.9 Å². The van der Waals surface area contributed by atoms with Crippen molar-refractivity contribution >= 4 is 17.7 Å². The highest BCUT2D eigenvalue weighted by Crippen LogP contribution is 2.26. The molecule has 0 bridgehead atoms. The number of nitrogens with one attached hydrogen (secondary N) is 1. The van der Waals surface area contributed by atoms with E-state index in [9.17, 15) is 4.79 Å². The quantitative estimate of drug-likeness (QED) is 0.637. The summed E-state index contributed by atoms with van der Waals surface area (Å²) in [6.07, 6.45) is 4.84. The topological polar surface area (TPSA) is 53.4 Å². The minimum Gasteiger partial charge on any atom is -0.336 e. The Bertz CT molecular complexity index is 664. The number of hydrogen-bond acceptors (Lipinski definition) is 5. The van der Waals surface area contributed by atoms with E-state index in [1.54, 1.807) is 0 Å². The molecule has 3 rings (SSSR count). The predicted molar refractivity (Wildman–Crippen MR) is 117 cm³/mol. The fourth-order valence-corrected chi connectivity index (χ4v) is 5.09. The summed E-state index contributed by atoms with van der Waals surface area (Å²) in [4.78, 5) is 17.6. The lowest BCUT2D eigenvalue weighted by molar-refractivity contribution is 0.0764. The number of aromatic nitrogens is 2. The van der Waals surface area contributed by atoms with Gasteiger partial charge in [0.15, 0.2) is 5.69 Å². The monoisotopic (exact) mass is 405 g/mol. The van der Waals surface area contributed by atoms with Crippen molar-refractivity contribution < 1.29 is 4.79 Å². The first kappa shape index (κ1) is 21.4. The molecular formula is C21H35N5OS. The fraction of sp³-hybridized carbons (Fsp3) is 0.714. The largest absolute Gasteiger partial charge is 0.336 e. The summed E-state index contributed by atoms with van der Waals surface area (Å²) >= 11 is 1.92. The van der Waals surface area contributed by atoms with Gasteiger partial charge in [-0.3, -0.25) is 9.48 Å². The summed E-state index contributed by atoms with van der Waals surface area (Å²) in [5.41, 5.74) is 3.08. The van der Waals surface area contributed by atoms with Crippen molar-refractivity contribution in [2.24, 2.45) is 0 Å². The number of allylic oxidation sites excluding steroid dienone is 1. The lowest BCUT2D eigenvalue weighted by Gasteiger charge is -2.28. The maximum atomic E-state index is 13.2. The third kappa shape index (κ3) is 4.99. The maximum absolute atomic E-state index is 13.2. The molecule has 1 aromatic rings. The normalized spacial score (nSPS) is 19.7. The Morgan fingerprint density at radius 1 is 1.36 bits per heavy atom. The molecule has 0 aromatic carbocycles. The lowest BCUT2D eigenvalue weighted by Crippen LogP contribution is -2.41. The van der Waals surface area contributed by atoms with E-state index >= 15 is 0 Å². The van der Waals surface area contributed by atoms with Crippen LogP contribution in [-0.2, 0) is 19.4 Å². The molecule has 0 saturated carbocycles. The predicted octanol–water partition coefficient (Wildman–Crippen LogP) is 2.05. The van der Waals surface area contributed by atoms with Crippen molar-refractivity contribution in [1.29, 1.82) is 0 Å². The summed E-state index contributed by atoms with van der Waals surface area (Å²) < 4.78 is 2.00. The smallest absolute Gasteiger partial charge is 0.274 e. The fourth-order valence-electron chi connectivity index (χ4n) is 4.19. The van der Waals surface area contributed by atoms with Crippen molar-refractivity contribution in [2.45, 2.75) is 45.7 Å². The lowest BCUT2D eigenvalue weighted by atomic mass is 9.91. The van der Waals surface area contributed by atoms with Gasteiger partial charge in [-0.25, -0.2) is 0 Å². The Hall–Kier alpha value is -1.31. The Morgan fingerprint density at radius 2 is 2.11 bits per heavy atom. The molecule has 1 aromatic heterocycles. The van der Waals surface area contributed by atoms with Gasteiger partial charge in [0.2, 0.25) is 0 Å². The van der Waals surface area contributed by atoms with E-state index in [0.717, 1.165) is 75.6 Å². The summed E-state index contributed by atoms with van der Waals surface area (Å²) in [6.45, 7) is 14.9. The Balaban J connectivity index is 1.71. The van der Waals surface area contributed by atoms with E-state index in [1.165, 1.54) is 5.69 Å². The molecule has 0 unspecified atom stereocenters. The molecule has 2 aliphatic rings. The van der Waals surface area contributed by atoms with Gasteiger partial charge >= 0.3 is 0 Å². The number of rotatable bonds is 9. The molecule has 1 atom stereocenters. The Labute approximate surface area is 173 Å². The maximum Gasteiger partial charge on any atom is 0.274 e. The molecule has 1 aliphatic carbocycles. The molecule has 1 amide bonds. The van der Waals surface area contributed by atoms with Crippen LogP contribution in [0.2, 0.25) is 0 Å². The van der Waals surface area contributed by atoms with E-state index in [-0.39, 0.29) is 5.91 Å². The summed E-state index contributed by atoms with van der Waals surface area (Å²) in [5, 5.41) is 8.46. The van der Waals surface area contributed by atoms with Crippen LogP contribution in [0.5, 0.6) is 0 Å². The second-order valence-electron chi connectivity index (χ2n) is 7.57. The van der Waals surface area contributed by atoms with Gasteiger partial charge in [0, 0.05) is 55.0 Å². The number of likely N-dealkylation sites (N-methyl/N-ethyl adjacent to an activating group) is 1. The standard InChI is InChI=1S/C21H35N5OS/c1-4-10-26-19-8-7-17(22-9-11-24(5-2)6-3)16-18(19)20(23-26)21(27)25-12-14-28-15-13-25/h4,17,22H,1,5-16H2,2-3H3/t17-/m1/s1. The van der Waals surface area contributed by atoms with E-state index in [0.29, 0.717) is 18.3 Å². The number of carbonyl (C=O) groups is 1. The zero-order valence-corrected chi connectivity index (χ0v) is 18.3. The first-order valence-corrected chi connectivity index (χ1v) is 11.9. The van der Waals surface area contributed by atoms with Gasteiger partial charge in [0.25, 0.3) is 5.91 Å². The van der Waals surface area contributed by atoms with Crippen LogP contribution in [0.3, 0.4) is 0 Å². The molecule has 28 heavy (non-hydrogen) atoms. The average molecular weight is 406 g/mol. The number of hydrogen-bond donors (Lipinski definition) is 1. The van der Waals surface area contributed by atoms with Gasteiger partial charge in [0.1, 0.15) is 0 Å². The number of carbonyl (C=O) groups excluding carboxylic acids is 1. The van der Waals surface area contributed by atoms with Crippen LogP contribution in [0.25, 0.3) is 0 Å². The number of thioether (sulfide) groups is 1. The van der Waals surface area contributed by atoms with E-state index in [1.807, 2.05) is 27.4 Å². The minimum absolute atomic E-state index is 0.114. The van der Waals surface area contributed by atoms with Crippen LogP contribution in [0, 0.1) is 0 Å². The molecule has 2 heterocycles. The Kier molecular flexibility index (Phi) is 8.00. The van der Waals surface area contributed by atoms with Crippen LogP contribution in [0.15, 0.2) is 12.7 Å². The van der Waals surface area contributed by atoms with Crippen molar-refractivity contribution in [3.05, 3.63) is 29.6 Å². The zero-order valence-electron chi connectivity index (χ0n) is 17.5. The molecule has 156 valence electrons. The number of nitrogens with zero attached hydrogens (tertiary/aromatic N) is 4. The molecule has 0 radical (unpaired) electrons. The minimum atomic E-state index is 0.114. The third-order valence-electron chi connectivity index (χ3n) is 5.90. The van der Waals surface area contributed by atoms with Crippen LogP contribution in [0.4, 0.5) is 0 Å². The molecule has 1 aliphatic heterocycles. The van der Waals surface area contributed by atoms with Crippen molar-refractivity contribution in [3.8, 4) is 0 Å². The molecule has 1 N–H and O–H groups in total. The summed E-state index contributed by atoms with van der Waals surface area (Å²) in [6, 6.07) is 0.424. The SMILES string of the molecule is C=CCn1nc(C(=O)N2CCSCC2)c2c1CC[C@@H](NCCN(CC)CC)C2. The second kappa shape index (κ2) is 10.5. The molecule has 7 heteroatoms. The average Bonchev–Trinajstić information content (AvgIpc) is 3.09. The van der Waals surface area contributed by atoms with Gasteiger partial charge < -0.3 is 15.1 Å². The summed E-state index contributed by atoms with van der Waals surface area (Å²) in [7, 11) is 0. The molecule has 1 fully saturated rings. The summed E-state index contributed by atoms with van der Waals surface area (Å²) in [5.74, 6) is 2.16. The van der Waals surface area contributed by atoms with Gasteiger partial charge in [0.05, 0.1) is 6.54 Å². The number of amides is 1. The van der Waals surface area contributed by atoms with Crippen LogP contribution in [-0.4, -0.2) is 82.3 Å². The van der Waals surface area contributed by atoms with E-state index in [4.69, 9.17) is 5.10 Å². The number of fused-ring (bicyclic) bond motifs is 1. The van der Waals surface area contributed by atoms with E-state index in [2.05, 4.69) is 30.6 Å².